The summed E-state index contributed by atoms with van der Waals surface area (Å²) in [4.78, 5) is 15.5. The first-order valence-electron chi connectivity index (χ1n) is 17.5. The van der Waals surface area contributed by atoms with E-state index in [4.69, 9.17) is 30.2 Å². The van der Waals surface area contributed by atoms with E-state index in [2.05, 4.69) is 67.5 Å². The van der Waals surface area contributed by atoms with E-state index in [1.165, 1.54) is 22.3 Å². The number of nitrogens with zero attached hydrogens (tertiary/aromatic N) is 2. The molecule has 0 saturated heterocycles. The van der Waals surface area contributed by atoms with Gasteiger partial charge in [-0.05, 0) is 78.7 Å². The number of hydrogen-bond acceptors (Lipinski definition) is 7. The molecule has 0 radical (unpaired) electrons. The van der Waals surface area contributed by atoms with Crippen LogP contribution in [0.15, 0.2) is 127 Å². The number of ether oxygens (including phenoxy) is 3. The van der Waals surface area contributed by atoms with Crippen LogP contribution < -0.4 is 24.8 Å². The highest BCUT2D eigenvalue weighted by Crippen LogP contribution is 2.37. The van der Waals surface area contributed by atoms with Crippen molar-refractivity contribution < 1.29 is 29.2 Å². The topological polar surface area (TPSA) is 118 Å². The van der Waals surface area contributed by atoms with Gasteiger partial charge in [0.15, 0.2) is 11.5 Å². The van der Waals surface area contributed by atoms with Crippen molar-refractivity contribution in [2.75, 3.05) is 45.9 Å². The van der Waals surface area contributed by atoms with Crippen LogP contribution in [0.2, 0.25) is 0 Å². The van der Waals surface area contributed by atoms with Crippen molar-refractivity contribution in [1.29, 1.82) is 0 Å². The number of aliphatic hydroxyl groups is 2. The highest BCUT2D eigenvalue weighted by molar-refractivity contribution is 6.04. The second-order valence-electron chi connectivity index (χ2n) is 12.6. The normalized spacial score (nSPS) is 13.5. The van der Waals surface area contributed by atoms with Gasteiger partial charge < -0.3 is 35.1 Å². The molecule has 2 aliphatic heterocycles. The lowest BCUT2D eigenvalue weighted by Gasteiger charge is -2.22. The molecular weight excluding hydrogens is 666 g/mol. The number of methoxy groups -OCH3 is 1. The lowest BCUT2D eigenvalue weighted by atomic mass is 9.93. The summed E-state index contributed by atoms with van der Waals surface area (Å²) in [6.07, 6.45) is 6.51. The number of nitrogens with two attached hydrogens (primary N) is 1. The van der Waals surface area contributed by atoms with Crippen LogP contribution in [0.4, 0.5) is 16.2 Å². The van der Waals surface area contributed by atoms with Crippen molar-refractivity contribution in [3.8, 4) is 17.2 Å². The fraction of sp³-hybridized carbons (Fsp3) is 0.205. The van der Waals surface area contributed by atoms with E-state index in [0.29, 0.717) is 18.1 Å². The third-order valence-corrected chi connectivity index (χ3v) is 8.52. The Morgan fingerprint density at radius 1 is 0.830 bits per heavy atom. The lowest BCUT2D eigenvalue weighted by molar-refractivity contribution is 0.0527. The predicted molar refractivity (Wildman–Crippen MR) is 213 cm³/mol. The molecule has 2 amide bonds. The van der Waals surface area contributed by atoms with E-state index >= 15 is 0 Å². The van der Waals surface area contributed by atoms with E-state index in [0.717, 1.165) is 41.2 Å². The number of aliphatic hydroxyl groups excluding tert-OH is 2. The number of hydrogen-bond donors (Lipinski definition) is 3. The third-order valence-electron chi connectivity index (χ3n) is 8.52. The Bertz CT molecular complexity index is 1930. The van der Waals surface area contributed by atoms with Crippen molar-refractivity contribution >= 4 is 35.1 Å². The Balaban J connectivity index is 0.000000157. The summed E-state index contributed by atoms with van der Waals surface area (Å²) < 4.78 is 16.3. The molecule has 274 valence electrons. The number of carbonyl (C=O) groups is 1. The first kappa shape index (κ1) is 38.4. The van der Waals surface area contributed by atoms with Gasteiger partial charge in [-0.2, -0.15) is 0 Å². The Hall–Kier alpha value is -5.87. The molecule has 1 unspecified atom stereocenters. The number of rotatable bonds is 8. The summed E-state index contributed by atoms with van der Waals surface area (Å²) >= 11 is 0. The van der Waals surface area contributed by atoms with E-state index in [-0.39, 0.29) is 13.2 Å². The molecule has 2 heterocycles. The highest BCUT2D eigenvalue weighted by atomic mass is 16.5. The quantitative estimate of drug-likeness (QED) is 0.150. The molecule has 7 rings (SSSR count). The molecular formula is C44H47N3O6. The Morgan fingerprint density at radius 2 is 1.40 bits per heavy atom. The van der Waals surface area contributed by atoms with Crippen LogP contribution in [-0.4, -0.2) is 68.2 Å². The molecule has 53 heavy (non-hydrogen) atoms. The second kappa shape index (κ2) is 19.1. The van der Waals surface area contributed by atoms with Crippen LogP contribution in [0.1, 0.15) is 34.2 Å². The highest BCUT2D eigenvalue weighted by Gasteiger charge is 2.21. The van der Waals surface area contributed by atoms with Crippen molar-refractivity contribution in [1.82, 2.24) is 4.90 Å². The van der Waals surface area contributed by atoms with Gasteiger partial charge in [0.25, 0.3) is 0 Å². The van der Waals surface area contributed by atoms with Gasteiger partial charge in [0.05, 0.1) is 25.1 Å². The van der Waals surface area contributed by atoms with Gasteiger partial charge in [-0.25, -0.2) is 4.79 Å². The Kier molecular flexibility index (Phi) is 13.8. The zero-order chi connectivity index (χ0) is 37.6. The summed E-state index contributed by atoms with van der Waals surface area (Å²) in [7, 11) is 5.76. The van der Waals surface area contributed by atoms with Crippen molar-refractivity contribution in [2.45, 2.75) is 19.1 Å². The molecule has 2 aliphatic rings. The zero-order valence-corrected chi connectivity index (χ0v) is 30.4. The van der Waals surface area contributed by atoms with Gasteiger partial charge in [0.2, 0.25) is 0 Å². The van der Waals surface area contributed by atoms with E-state index in [1.54, 1.807) is 24.1 Å². The predicted octanol–water partition coefficient (Wildman–Crippen LogP) is 7.78. The number of urea groups is 1. The minimum Gasteiger partial charge on any atom is -0.493 e. The average molecular weight is 714 g/mol. The number of amides is 2. The van der Waals surface area contributed by atoms with Gasteiger partial charge in [0, 0.05) is 12.1 Å². The molecule has 5 aromatic rings. The number of carbonyl (C=O) groups excluding carboxylic acids is 1. The molecule has 0 spiro atoms. The first-order valence-corrected chi connectivity index (χ1v) is 17.5. The molecule has 1 atom stereocenters. The summed E-state index contributed by atoms with van der Waals surface area (Å²) in [5, 5.41) is 17.6. The minimum atomic E-state index is -0.861. The van der Waals surface area contributed by atoms with Crippen molar-refractivity contribution in [3.63, 3.8) is 0 Å². The SMILES string of the molecule is CN(C)CCC=C1c2ccccc2COc2ccccc21.COc1ccccc1OCC(O)CO.NC(=O)N1c2ccccc2C=Cc2ccccc21. The molecule has 9 heteroatoms. The molecule has 9 nitrogen and oxygen atoms in total. The maximum absolute atomic E-state index is 11.8. The third kappa shape index (κ3) is 10.1. The number of fused-ring (bicyclic) bond motifs is 4. The minimum absolute atomic E-state index is 0.0525. The molecule has 0 fully saturated rings. The maximum Gasteiger partial charge on any atom is 0.323 e. The smallest absolute Gasteiger partial charge is 0.323 e. The molecule has 0 aliphatic carbocycles. The molecule has 5 aromatic carbocycles. The summed E-state index contributed by atoms with van der Waals surface area (Å²) in [5.41, 5.74) is 14.1. The van der Waals surface area contributed by atoms with E-state index in [1.807, 2.05) is 78.9 Å². The Morgan fingerprint density at radius 3 is 2.02 bits per heavy atom. The van der Waals surface area contributed by atoms with Crippen LogP contribution in [-0.2, 0) is 6.61 Å². The monoisotopic (exact) mass is 713 g/mol. The second-order valence-corrected chi connectivity index (χ2v) is 12.6. The summed E-state index contributed by atoms with van der Waals surface area (Å²) in [6, 6.07) is 38.9. The standard InChI is InChI=1S/C19H21NO.C15H12N2O.C10H14O4/c1-20(2)13-7-11-17-16-9-4-3-8-15(16)14-21-19-12-6-5-10-18(17)19;16-15(18)17-13-7-3-1-5-11(13)9-10-12-6-2-4-8-14(12)17;1-13-9-4-2-3-5-10(9)14-7-8(12)6-11/h3-6,8-12H,7,13-14H2,1-2H3;1-10H,(H2,16,18);2-5,8,11-12H,6-7H2,1H3. The molecule has 0 bridgehead atoms. The maximum atomic E-state index is 11.8. The van der Waals surface area contributed by atoms with E-state index in [9.17, 15) is 4.79 Å². The fourth-order valence-corrected chi connectivity index (χ4v) is 5.90. The van der Waals surface area contributed by atoms with Gasteiger partial charge in [-0.3, -0.25) is 4.90 Å². The molecule has 0 aromatic heterocycles. The van der Waals surface area contributed by atoms with Crippen LogP contribution in [0.25, 0.3) is 17.7 Å². The molecule has 4 N–H and O–H groups in total. The number of primary amides is 1. The average Bonchev–Trinajstić information content (AvgIpc) is 3.46. The number of para-hydroxylation sites is 5. The number of anilines is 2. The molecule has 0 saturated carbocycles. The van der Waals surface area contributed by atoms with Crippen molar-refractivity contribution in [3.05, 3.63) is 155 Å². The van der Waals surface area contributed by atoms with Crippen LogP contribution in [0, 0.1) is 0 Å². The first-order chi connectivity index (χ1) is 25.8. The largest absolute Gasteiger partial charge is 0.493 e. The number of benzene rings is 5. The zero-order valence-electron chi connectivity index (χ0n) is 30.4. The van der Waals surface area contributed by atoms with Crippen molar-refractivity contribution in [2.24, 2.45) is 5.73 Å². The van der Waals surface area contributed by atoms with Gasteiger partial charge in [0.1, 0.15) is 25.1 Å². The Labute approximate surface area is 311 Å². The fourth-order valence-electron chi connectivity index (χ4n) is 5.90. The summed E-state index contributed by atoms with van der Waals surface area (Å²) in [6.45, 7) is 1.43. The van der Waals surface area contributed by atoms with Gasteiger partial charge in [-0.1, -0.05) is 109 Å². The van der Waals surface area contributed by atoms with Gasteiger partial charge in [-0.15, -0.1) is 0 Å². The van der Waals surface area contributed by atoms with Crippen LogP contribution >= 0.6 is 0 Å². The lowest BCUT2D eigenvalue weighted by Crippen LogP contribution is -2.32. The van der Waals surface area contributed by atoms with Gasteiger partial charge >= 0.3 is 6.03 Å². The van der Waals surface area contributed by atoms with Crippen LogP contribution in [0.5, 0.6) is 17.2 Å². The van der Waals surface area contributed by atoms with E-state index < -0.39 is 12.1 Å². The summed E-state index contributed by atoms with van der Waals surface area (Å²) in [5.74, 6) is 2.14. The van der Waals surface area contributed by atoms with Crippen LogP contribution in [0.3, 0.4) is 0 Å².